The molecule has 0 aliphatic carbocycles. The number of benzene rings is 2. The van der Waals surface area contributed by atoms with Gasteiger partial charge < -0.3 is 14.4 Å². The molecule has 2 aliphatic rings. The molecule has 0 aromatic heterocycles. The van der Waals surface area contributed by atoms with E-state index in [1.54, 1.807) is 24.3 Å². The van der Waals surface area contributed by atoms with E-state index in [-0.39, 0.29) is 16.7 Å². The van der Waals surface area contributed by atoms with Gasteiger partial charge in [-0.15, -0.1) is 0 Å². The maximum atomic E-state index is 13.2. The first-order valence-corrected chi connectivity index (χ1v) is 13.1. The van der Waals surface area contributed by atoms with Crippen LogP contribution in [0.2, 0.25) is 0 Å². The number of hydrogen-bond donors (Lipinski definition) is 0. The van der Waals surface area contributed by atoms with Gasteiger partial charge in [0.1, 0.15) is 11.5 Å². The largest absolute Gasteiger partial charge is 0.494 e. The van der Waals surface area contributed by atoms with Gasteiger partial charge in [0, 0.05) is 32.1 Å². The second kappa shape index (κ2) is 10.1. The molecule has 0 atom stereocenters. The van der Waals surface area contributed by atoms with Crippen molar-refractivity contribution in [1.29, 1.82) is 0 Å². The van der Waals surface area contributed by atoms with Gasteiger partial charge in [0.15, 0.2) is 0 Å². The molecule has 8 heteroatoms. The molecule has 1 saturated heterocycles. The van der Waals surface area contributed by atoms with E-state index < -0.39 is 10.0 Å². The van der Waals surface area contributed by atoms with Gasteiger partial charge in [0.25, 0.3) is 0 Å². The smallest absolute Gasteiger partial charge is 0.243 e. The number of fused-ring (bicyclic) bond motifs is 1. The third-order valence-electron chi connectivity index (χ3n) is 6.39. The molecule has 4 rings (SSSR count). The summed E-state index contributed by atoms with van der Waals surface area (Å²) in [6, 6.07) is 12.6. The fraction of sp³-hybridized carbons (Fsp3) is 0.480. The lowest BCUT2D eigenvalue weighted by Gasteiger charge is -2.35. The summed E-state index contributed by atoms with van der Waals surface area (Å²) in [4.78, 5) is 15.4. The third kappa shape index (κ3) is 5.17. The van der Waals surface area contributed by atoms with Gasteiger partial charge in [-0.25, -0.2) is 8.42 Å². The van der Waals surface area contributed by atoms with Crippen LogP contribution < -0.4 is 9.47 Å². The number of nitrogens with zero attached hydrogens (tertiary/aromatic N) is 2. The van der Waals surface area contributed by atoms with Gasteiger partial charge in [0.2, 0.25) is 15.9 Å². The molecule has 1 fully saturated rings. The maximum Gasteiger partial charge on any atom is 0.243 e. The molecule has 0 N–H and O–H groups in total. The molecule has 2 aromatic rings. The quantitative estimate of drug-likeness (QED) is 0.617. The van der Waals surface area contributed by atoms with Crippen molar-refractivity contribution >= 4 is 15.9 Å². The van der Waals surface area contributed by atoms with Crippen LogP contribution in [0.15, 0.2) is 47.4 Å². The Hall–Kier alpha value is -2.58. The summed E-state index contributed by atoms with van der Waals surface area (Å²) >= 11 is 0. The highest BCUT2D eigenvalue weighted by Gasteiger charge is 2.34. The van der Waals surface area contributed by atoms with Crippen molar-refractivity contribution in [3.05, 3.63) is 53.6 Å². The number of carbonyl (C=O) groups excluding carboxylic acids is 1. The zero-order chi connectivity index (χ0) is 23.4. The van der Waals surface area contributed by atoms with Crippen molar-refractivity contribution < 1.29 is 22.7 Å². The van der Waals surface area contributed by atoms with Crippen LogP contribution in [0.1, 0.15) is 37.8 Å². The molecular weight excluding hydrogens is 440 g/mol. The van der Waals surface area contributed by atoms with E-state index in [4.69, 9.17) is 9.47 Å². The van der Waals surface area contributed by atoms with Gasteiger partial charge in [-0.3, -0.25) is 4.79 Å². The van der Waals surface area contributed by atoms with Crippen LogP contribution in [0.25, 0.3) is 0 Å². The number of rotatable bonds is 7. The van der Waals surface area contributed by atoms with E-state index in [9.17, 15) is 13.2 Å². The molecule has 2 aliphatic heterocycles. The number of hydrogen-bond acceptors (Lipinski definition) is 5. The zero-order valence-electron chi connectivity index (χ0n) is 19.3. The van der Waals surface area contributed by atoms with Gasteiger partial charge in [0.05, 0.1) is 18.1 Å². The fourth-order valence-electron chi connectivity index (χ4n) is 4.60. The summed E-state index contributed by atoms with van der Waals surface area (Å²) in [5.74, 6) is 1.46. The molecule has 178 valence electrons. The molecule has 0 saturated carbocycles. The van der Waals surface area contributed by atoms with Crippen molar-refractivity contribution in [1.82, 2.24) is 9.21 Å². The first-order valence-electron chi connectivity index (χ1n) is 11.7. The van der Waals surface area contributed by atoms with Crippen molar-refractivity contribution in [3.63, 3.8) is 0 Å². The van der Waals surface area contributed by atoms with Crippen LogP contribution >= 0.6 is 0 Å². The molecule has 1 amide bonds. The van der Waals surface area contributed by atoms with E-state index in [0.29, 0.717) is 58.0 Å². The highest BCUT2D eigenvalue weighted by molar-refractivity contribution is 7.89. The summed E-state index contributed by atoms with van der Waals surface area (Å²) < 4.78 is 38.6. The lowest BCUT2D eigenvalue weighted by molar-refractivity contribution is -0.137. The highest BCUT2D eigenvalue weighted by atomic mass is 32.2. The Kier molecular flexibility index (Phi) is 7.24. The summed E-state index contributed by atoms with van der Waals surface area (Å²) in [6.07, 6.45) is 1.91. The van der Waals surface area contributed by atoms with Gasteiger partial charge in [-0.1, -0.05) is 6.07 Å². The minimum atomic E-state index is -3.58. The van der Waals surface area contributed by atoms with E-state index in [1.807, 2.05) is 30.9 Å². The Morgan fingerprint density at radius 1 is 0.909 bits per heavy atom. The Bertz CT molecular complexity index is 1080. The third-order valence-corrected chi connectivity index (χ3v) is 8.30. The molecule has 2 heterocycles. The molecule has 0 bridgehead atoms. The van der Waals surface area contributed by atoms with Crippen molar-refractivity contribution in [3.8, 4) is 11.5 Å². The topological polar surface area (TPSA) is 76.2 Å². The van der Waals surface area contributed by atoms with E-state index in [1.165, 1.54) is 9.87 Å². The molecule has 0 spiro atoms. The van der Waals surface area contributed by atoms with Crippen molar-refractivity contribution in [2.24, 2.45) is 5.92 Å². The maximum absolute atomic E-state index is 13.2. The minimum Gasteiger partial charge on any atom is -0.494 e. The van der Waals surface area contributed by atoms with E-state index >= 15 is 0 Å². The lowest BCUT2D eigenvalue weighted by Crippen LogP contribution is -2.45. The molecule has 7 nitrogen and oxygen atoms in total. The normalized spacial score (nSPS) is 17.5. The number of carbonyl (C=O) groups is 1. The predicted octanol–water partition coefficient (Wildman–Crippen LogP) is 3.47. The molecule has 2 aromatic carbocycles. The van der Waals surface area contributed by atoms with Crippen LogP contribution in [0, 0.1) is 5.92 Å². The molecule has 0 radical (unpaired) electrons. The highest BCUT2D eigenvalue weighted by Crippen LogP contribution is 2.29. The predicted molar refractivity (Wildman–Crippen MR) is 126 cm³/mol. The van der Waals surface area contributed by atoms with Crippen molar-refractivity contribution in [2.45, 2.75) is 44.6 Å². The second-order valence-electron chi connectivity index (χ2n) is 8.46. The number of sulfonamides is 1. The zero-order valence-corrected chi connectivity index (χ0v) is 20.1. The van der Waals surface area contributed by atoms with Crippen molar-refractivity contribution in [2.75, 3.05) is 32.8 Å². The van der Waals surface area contributed by atoms with Gasteiger partial charge in [-0.05, 0) is 80.6 Å². The summed E-state index contributed by atoms with van der Waals surface area (Å²) in [5.41, 5.74) is 2.40. The standard InChI is InChI=1S/C25H32N2O5S/c1-3-31-22-7-9-24(10-8-22)33(29,30)27-15-12-20(13-16-27)25(28)26-14-11-19-5-6-23(32-4-2)17-21(19)18-26/h5-10,17,20H,3-4,11-16,18H2,1-2H3. The Morgan fingerprint density at radius 3 is 2.21 bits per heavy atom. The number of ether oxygens (including phenoxy) is 2. The second-order valence-corrected chi connectivity index (χ2v) is 10.4. The van der Waals surface area contributed by atoms with E-state index in [0.717, 1.165) is 17.7 Å². The fourth-order valence-corrected chi connectivity index (χ4v) is 6.07. The van der Waals surface area contributed by atoms with Crippen LogP contribution in [-0.4, -0.2) is 56.4 Å². The first-order chi connectivity index (χ1) is 15.9. The summed E-state index contributed by atoms with van der Waals surface area (Å²) in [7, 11) is -3.58. The Labute approximate surface area is 196 Å². The van der Waals surface area contributed by atoms with Crippen LogP contribution in [0.4, 0.5) is 0 Å². The minimum absolute atomic E-state index is 0.126. The Balaban J connectivity index is 1.36. The van der Waals surface area contributed by atoms with Gasteiger partial charge >= 0.3 is 0 Å². The van der Waals surface area contributed by atoms with Gasteiger partial charge in [-0.2, -0.15) is 4.31 Å². The monoisotopic (exact) mass is 472 g/mol. The SMILES string of the molecule is CCOc1ccc(S(=O)(=O)N2CCC(C(=O)N3CCc4ccc(OCC)cc4C3)CC2)cc1. The van der Waals surface area contributed by atoms with E-state index in [2.05, 4.69) is 6.07 Å². The summed E-state index contributed by atoms with van der Waals surface area (Å²) in [5, 5.41) is 0. The van der Waals surface area contributed by atoms with Crippen LogP contribution in [-0.2, 0) is 27.8 Å². The molecule has 0 unspecified atom stereocenters. The first kappa shape index (κ1) is 23.6. The number of amides is 1. The molecular formula is C25H32N2O5S. The van der Waals surface area contributed by atoms with Crippen LogP contribution in [0.5, 0.6) is 11.5 Å². The lowest BCUT2D eigenvalue weighted by atomic mass is 9.93. The average molecular weight is 473 g/mol. The van der Waals surface area contributed by atoms with Crippen LogP contribution in [0.3, 0.4) is 0 Å². The summed E-state index contributed by atoms with van der Waals surface area (Å²) in [6.45, 7) is 6.97. The molecule has 33 heavy (non-hydrogen) atoms. The number of piperidine rings is 1. The average Bonchev–Trinajstić information content (AvgIpc) is 2.84. The Morgan fingerprint density at radius 2 is 1.55 bits per heavy atom.